The number of hydrogen-bond acceptors (Lipinski definition) is 3. The Bertz CT molecular complexity index is 421. The number of benzene rings is 1. The van der Waals surface area contributed by atoms with Crippen LogP contribution in [0.1, 0.15) is 25.7 Å². The number of nitrogens with zero attached hydrogens (tertiary/aromatic N) is 1. The predicted molar refractivity (Wildman–Crippen MR) is 75.1 cm³/mol. The van der Waals surface area contributed by atoms with Crippen molar-refractivity contribution in [3.05, 3.63) is 18.2 Å². The summed E-state index contributed by atoms with van der Waals surface area (Å²) in [5.41, 5.74) is 7.86. The number of nitrogen functional groups attached to an aromatic ring is 1. The average Bonchev–Trinajstić information content (AvgIpc) is 2.39. The van der Waals surface area contributed by atoms with Crippen LogP contribution in [0.5, 0.6) is 5.75 Å². The molecule has 0 spiro atoms. The fourth-order valence-electron chi connectivity index (χ4n) is 3.54. The van der Waals surface area contributed by atoms with Crippen molar-refractivity contribution in [1.82, 2.24) is 0 Å². The molecule has 1 aliphatic carbocycles. The average molecular weight is 246 g/mol. The first-order chi connectivity index (χ1) is 8.76. The van der Waals surface area contributed by atoms with Gasteiger partial charge < -0.3 is 15.4 Å². The molecule has 0 amide bonds. The molecule has 2 aliphatic rings. The number of anilines is 2. The molecule has 1 aromatic rings. The molecule has 1 aromatic carbocycles. The lowest BCUT2D eigenvalue weighted by molar-refractivity contribution is 0.231. The Hall–Kier alpha value is -1.38. The van der Waals surface area contributed by atoms with E-state index in [2.05, 4.69) is 17.0 Å². The molecule has 1 heterocycles. The zero-order chi connectivity index (χ0) is 12.5. The number of methoxy groups -OCH3 is 1. The maximum Gasteiger partial charge on any atom is 0.143 e. The fourth-order valence-corrected chi connectivity index (χ4v) is 3.54. The molecule has 3 nitrogen and oxygen atoms in total. The lowest BCUT2D eigenvalue weighted by Crippen LogP contribution is -2.42. The van der Waals surface area contributed by atoms with E-state index in [1.807, 2.05) is 6.07 Å². The molecular weight excluding hydrogens is 224 g/mol. The highest BCUT2D eigenvalue weighted by atomic mass is 16.5. The summed E-state index contributed by atoms with van der Waals surface area (Å²) in [4.78, 5) is 2.51. The van der Waals surface area contributed by atoms with Crippen molar-refractivity contribution in [1.29, 1.82) is 0 Å². The number of fused-ring (bicyclic) bond motifs is 2. The Balaban J connectivity index is 1.82. The number of nitrogens with two attached hydrogens (primary N) is 1. The first kappa shape index (κ1) is 11.7. The molecule has 1 saturated carbocycles. The third-order valence-corrected chi connectivity index (χ3v) is 4.43. The molecule has 1 saturated heterocycles. The lowest BCUT2D eigenvalue weighted by atomic mass is 9.78. The van der Waals surface area contributed by atoms with Gasteiger partial charge in [-0.25, -0.2) is 0 Å². The number of hydrogen-bond donors (Lipinski definition) is 1. The van der Waals surface area contributed by atoms with E-state index in [1.54, 1.807) is 7.11 Å². The summed E-state index contributed by atoms with van der Waals surface area (Å²) in [5.74, 6) is 2.57. The monoisotopic (exact) mass is 246 g/mol. The smallest absolute Gasteiger partial charge is 0.143 e. The van der Waals surface area contributed by atoms with E-state index >= 15 is 0 Å². The predicted octanol–water partition coefficient (Wildman–Crippen LogP) is 2.90. The van der Waals surface area contributed by atoms with Crippen LogP contribution in [-0.4, -0.2) is 20.2 Å². The summed E-state index contributed by atoms with van der Waals surface area (Å²) >= 11 is 0. The van der Waals surface area contributed by atoms with E-state index in [9.17, 15) is 0 Å². The van der Waals surface area contributed by atoms with Gasteiger partial charge in [-0.05, 0) is 43.2 Å². The summed E-state index contributed by atoms with van der Waals surface area (Å²) in [6.07, 6.45) is 5.66. The van der Waals surface area contributed by atoms with E-state index in [4.69, 9.17) is 10.5 Å². The van der Waals surface area contributed by atoms with Gasteiger partial charge in [0.25, 0.3) is 0 Å². The zero-order valence-corrected chi connectivity index (χ0v) is 11.1. The van der Waals surface area contributed by atoms with Crippen LogP contribution in [0, 0.1) is 11.8 Å². The van der Waals surface area contributed by atoms with Crippen LogP contribution in [0.25, 0.3) is 0 Å². The second-order valence-electron chi connectivity index (χ2n) is 5.73. The van der Waals surface area contributed by atoms with Crippen LogP contribution < -0.4 is 15.4 Å². The minimum atomic E-state index is 0.721. The molecule has 2 unspecified atom stereocenters. The molecule has 2 N–H and O–H groups in total. The molecule has 3 rings (SSSR count). The van der Waals surface area contributed by atoms with Gasteiger partial charge in [0.05, 0.1) is 12.8 Å². The van der Waals surface area contributed by atoms with E-state index < -0.39 is 0 Å². The second-order valence-corrected chi connectivity index (χ2v) is 5.73. The normalized spacial score (nSPS) is 27.1. The van der Waals surface area contributed by atoms with Crippen LogP contribution in [0.2, 0.25) is 0 Å². The van der Waals surface area contributed by atoms with Crippen molar-refractivity contribution >= 4 is 11.4 Å². The Kier molecular flexibility index (Phi) is 3.06. The largest absolute Gasteiger partial charge is 0.495 e. The Morgan fingerprint density at radius 2 is 1.94 bits per heavy atom. The van der Waals surface area contributed by atoms with Crippen molar-refractivity contribution in [3.63, 3.8) is 0 Å². The highest BCUT2D eigenvalue weighted by Gasteiger charge is 2.30. The quantitative estimate of drug-likeness (QED) is 0.815. The Morgan fingerprint density at radius 3 is 2.61 bits per heavy atom. The van der Waals surface area contributed by atoms with Crippen LogP contribution in [-0.2, 0) is 0 Å². The molecule has 1 aliphatic heterocycles. The van der Waals surface area contributed by atoms with Crippen LogP contribution in [0.15, 0.2) is 18.2 Å². The van der Waals surface area contributed by atoms with Crippen molar-refractivity contribution in [3.8, 4) is 5.75 Å². The number of piperidine rings is 1. The van der Waals surface area contributed by atoms with Gasteiger partial charge in [0, 0.05) is 24.8 Å². The van der Waals surface area contributed by atoms with Crippen molar-refractivity contribution in [2.45, 2.75) is 25.7 Å². The van der Waals surface area contributed by atoms with E-state index in [-0.39, 0.29) is 0 Å². The topological polar surface area (TPSA) is 38.5 Å². The highest BCUT2D eigenvalue weighted by molar-refractivity contribution is 5.62. The van der Waals surface area contributed by atoms with Gasteiger partial charge in [0.1, 0.15) is 5.75 Å². The number of ether oxygens (including phenoxy) is 1. The summed E-state index contributed by atoms with van der Waals surface area (Å²) < 4.78 is 5.32. The molecule has 2 atom stereocenters. The van der Waals surface area contributed by atoms with E-state index in [1.165, 1.54) is 44.5 Å². The molecular formula is C15H22N2O. The van der Waals surface area contributed by atoms with Crippen molar-refractivity contribution in [2.24, 2.45) is 11.8 Å². The molecule has 0 radical (unpaired) electrons. The van der Waals surface area contributed by atoms with Gasteiger partial charge in [-0.2, -0.15) is 0 Å². The van der Waals surface area contributed by atoms with Crippen LogP contribution in [0.4, 0.5) is 11.4 Å². The Labute approximate surface area is 109 Å². The third-order valence-electron chi connectivity index (χ3n) is 4.43. The van der Waals surface area contributed by atoms with Crippen molar-refractivity contribution < 1.29 is 4.74 Å². The van der Waals surface area contributed by atoms with Gasteiger partial charge in [0.15, 0.2) is 0 Å². The minimum Gasteiger partial charge on any atom is -0.495 e. The van der Waals surface area contributed by atoms with Gasteiger partial charge in [-0.15, -0.1) is 0 Å². The lowest BCUT2D eigenvalue weighted by Gasteiger charge is -2.42. The first-order valence-corrected chi connectivity index (χ1v) is 6.94. The fraction of sp³-hybridized carbons (Fsp3) is 0.600. The third kappa shape index (κ3) is 2.14. The van der Waals surface area contributed by atoms with Gasteiger partial charge in [0.2, 0.25) is 0 Å². The summed E-state index contributed by atoms with van der Waals surface area (Å²) in [6, 6.07) is 6.16. The molecule has 0 aromatic heterocycles. The maximum atomic E-state index is 5.88. The second kappa shape index (κ2) is 4.71. The van der Waals surface area contributed by atoms with Gasteiger partial charge in [-0.3, -0.25) is 0 Å². The molecule has 98 valence electrons. The van der Waals surface area contributed by atoms with Crippen molar-refractivity contribution in [2.75, 3.05) is 30.8 Å². The van der Waals surface area contributed by atoms with Gasteiger partial charge in [-0.1, -0.05) is 6.42 Å². The summed E-state index contributed by atoms with van der Waals surface area (Å²) in [7, 11) is 1.68. The van der Waals surface area contributed by atoms with Crippen LogP contribution in [0.3, 0.4) is 0 Å². The maximum absolute atomic E-state index is 5.88. The summed E-state index contributed by atoms with van der Waals surface area (Å²) in [6.45, 7) is 2.40. The highest BCUT2D eigenvalue weighted by Crippen LogP contribution is 2.37. The molecule has 3 heteroatoms. The molecule has 2 bridgehead atoms. The van der Waals surface area contributed by atoms with Crippen LogP contribution >= 0.6 is 0 Å². The number of rotatable bonds is 2. The first-order valence-electron chi connectivity index (χ1n) is 6.94. The minimum absolute atomic E-state index is 0.721. The van der Waals surface area contributed by atoms with Gasteiger partial charge >= 0.3 is 0 Å². The Morgan fingerprint density at radius 1 is 1.22 bits per heavy atom. The zero-order valence-electron chi connectivity index (χ0n) is 11.1. The molecule has 2 fully saturated rings. The summed E-state index contributed by atoms with van der Waals surface area (Å²) in [5, 5.41) is 0. The van der Waals surface area contributed by atoms with E-state index in [0.717, 1.165) is 23.3 Å². The van der Waals surface area contributed by atoms with E-state index in [0.29, 0.717) is 0 Å². The SMILES string of the molecule is COc1cc(N2CC3CCCC(C3)C2)ccc1N. The standard InChI is InChI=1S/C15H22N2O/c1-18-15-8-13(5-6-14(15)16)17-9-11-3-2-4-12(7-11)10-17/h5-6,8,11-12H,2-4,7,9-10,16H2,1H3. The molecule has 18 heavy (non-hydrogen) atoms.